The summed E-state index contributed by atoms with van der Waals surface area (Å²) in [6.45, 7) is 0. The summed E-state index contributed by atoms with van der Waals surface area (Å²) in [5.74, 6) is 1.31. The fourth-order valence-electron chi connectivity index (χ4n) is 2.72. The van der Waals surface area contributed by atoms with E-state index in [1.807, 2.05) is 40.9 Å². The van der Waals surface area contributed by atoms with Crippen LogP contribution in [0.25, 0.3) is 16.9 Å². The summed E-state index contributed by atoms with van der Waals surface area (Å²) < 4.78 is 8.34. The van der Waals surface area contributed by atoms with Crippen LogP contribution in [0.4, 0.5) is 11.5 Å². The number of aromatic nitrogens is 3. The van der Waals surface area contributed by atoms with Crippen LogP contribution in [0.15, 0.2) is 61.1 Å². The molecule has 0 fully saturated rings. The number of fused-ring (bicyclic) bond motifs is 1. The van der Waals surface area contributed by atoms with Gasteiger partial charge in [0.25, 0.3) is 0 Å². The summed E-state index contributed by atoms with van der Waals surface area (Å²) in [6, 6.07) is 13.3. The summed E-state index contributed by atoms with van der Waals surface area (Å²) in [7, 11) is 1.52. The molecule has 7 heteroatoms. The van der Waals surface area contributed by atoms with Crippen LogP contribution in [0, 0.1) is 3.57 Å². The van der Waals surface area contributed by atoms with Gasteiger partial charge in [-0.25, -0.2) is 4.98 Å². The second kappa shape index (κ2) is 6.83. The number of ether oxygens (including phenoxy) is 1. The standard InChI is InChI=1S/C19H15IN4O2/c1-26-16-10-12(2-7-15(16)25)18-19(22-14-5-3-13(20)4-6-14)24-9-8-21-11-17(24)23-18/h2-11,22,25H,1H3. The highest BCUT2D eigenvalue weighted by molar-refractivity contribution is 14.1. The molecule has 0 saturated carbocycles. The van der Waals surface area contributed by atoms with Gasteiger partial charge in [0.2, 0.25) is 0 Å². The van der Waals surface area contributed by atoms with Crippen molar-refractivity contribution in [2.75, 3.05) is 12.4 Å². The molecular weight excluding hydrogens is 443 g/mol. The van der Waals surface area contributed by atoms with Gasteiger partial charge in [0.1, 0.15) is 11.5 Å². The summed E-state index contributed by atoms with van der Waals surface area (Å²) in [6.07, 6.45) is 5.29. The lowest BCUT2D eigenvalue weighted by Crippen LogP contribution is -1.97. The van der Waals surface area contributed by atoms with Gasteiger partial charge in [-0.15, -0.1) is 0 Å². The number of nitrogens with zero attached hydrogens (tertiary/aromatic N) is 3. The van der Waals surface area contributed by atoms with E-state index >= 15 is 0 Å². The summed E-state index contributed by atoms with van der Waals surface area (Å²) in [5.41, 5.74) is 3.25. The number of imidazole rings is 1. The highest BCUT2D eigenvalue weighted by atomic mass is 127. The summed E-state index contributed by atoms with van der Waals surface area (Å²) >= 11 is 2.28. The van der Waals surface area contributed by atoms with Crippen LogP contribution in [0.3, 0.4) is 0 Å². The predicted octanol–water partition coefficient (Wildman–Crippen LogP) is 4.46. The van der Waals surface area contributed by atoms with Crippen molar-refractivity contribution >= 4 is 39.7 Å². The first-order valence-corrected chi connectivity index (χ1v) is 8.95. The molecule has 2 N–H and O–H groups in total. The van der Waals surface area contributed by atoms with Crippen molar-refractivity contribution in [2.45, 2.75) is 0 Å². The number of phenols is 1. The van der Waals surface area contributed by atoms with Gasteiger partial charge in [0, 0.05) is 27.2 Å². The number of halogens is 1. The van der Waals surface area contributed by atoms with E-state index in [9.17, 15) is 5.11 Å². The van der Waals surface area contributed by atoms with Crippen molar-refractivity contribution in [3.8, 4) is 22.8 Å². The number of hydrogen-bond acceptors (Lipinski definition) is 5. The number of rotatable bonds is 4. The Kier molecular flexibility index (Phi) is 4.37. The molecule has 26 heavy (non-hydrogen) atoms. The van der Waals surface area contributed by atoms with Crippen LogP contribution in [0.5, 0.6) is 11.5 Å². The summed E-state index contributed by atoms with van der Waals surface area (Å²) in [5, 5.41) is 13.3. The minimum Gasteiger partial charge on any atom is -0.504 e. The van der Waals surface area contributed by atoms with Gasteiger partial charge in [0.15, 0.2) is 17.1 Å². The maximum atomic E-state index is 9.88. The first-order chi connectivity index (χ1) is 12.7. The molecule has 4 rings (SSSR count). The van der Waals surface area contributed by atoms with Crippen LogP contribution in [0.1, 0.15) is 0 Å². The Morgan fingerprint density at radius 1 is 1.15 bits per heavy atom. The molecule has 0 unspecified atom stereocenters. The van der Waals surface area contributed by atoms with Gasteiger partial charge in [-0.2, -0.15) is 0 Å². The number of aromatic hydroxyl groups is 1. The molecule has 6 nitrogen and oxygen atoms in total. The highest BCUT2D eigenvalue weighted by Crippen LogP contribution is 2.36. The predicted molar refractivity (Wildman–Crippen MR) is 109 cm³/mol. The molecule has 130 valence electrons. The number of hydrogen-bond donors (Lipinski definition) is 2. The van der Waals surface area contributed by atoms with E-state index in [-0.39, 0.29) is 5.75 Å². The Morgan fingerprint density at radius 3 is 2.73 bits per heavy atom. The lowest BCUT2D eigenvalue weighted by molar-refractivity contribution is 0.373. The molecule has 2 aromatic carbocycles. The lowest BCUT2D eigenvalue weighted by Gasteiger charge is -2.10. The van der Waals surface area contributed by atoms with Gasteiger partial charge in [-0.1, -0.05) is 0 Å². The molecular formula is C19H15IN4O2. The number of methoxy groups -OCH3 is 1. The monoisotopic (exact) mass is 458 g/mol. The third-order valence-electron chi connectivity index (χ3n) is 3.99. The number of nitrogens with one attached hydrogen (secondary N) is 1. The fourth-order valence-corrected chi connectivity index (χ4v) is 3.08. The van der Waals surface area contributed by atoms with Gasteiger partial charge in [-0.3, -0.25) is 9.38 Å². The van der Waals surface area contributed by atoms with E-state index in [0.717, 1.165) is 28.4 Å². The topological polar surface area (TPSA) is 71.7 Å². The van der Waals surface area contributed by atoms with Crippen LogP contribution >= 0.6 is 22.6 Å². The van der Waals surface area contributed by atoms with E-state index in [0.29, 0.717) is 5.75 Å². The molecule has 0 amide bonds. The second-order valence-electron chi connectivity index (χ2n) is 5.63. The molecule has 0 bridgehead atoms. The number of anilines is 2. The maximum Gasteiger partial charge on any atom is 0.161 e. The van der Waals surface area contributed by atoms with Crippen LogP contribution in [-0.4, -0.2) is 26.6 Å². The SMILES string of the molecule is COc1cc(-c2nc3cnccn3c2Nc2ccc(I)cc2)ccc1O. The van der Waals surface area contributed by atoms with E-state index < -0.39 is 0 Å². The lowest BCUT2D eigenvalue weighted by atomic mass is 10.1. The third-order valence-corrected chi connectivity index (χ3v) is 4.71. The average Bonchev–Trinajstić information content (AvgIpc) is 3.02. The first kappa shape index (κ1) is 16.6. The molecule has 0 radical (unpaired) electrons. The fraction of sp³-hybridized carbons (Fsp3) is 0.0526. The largest absolute Gasteiger partial charge is 0.504 e. The maximum absolute atomic E-state index is 9.88. The van der Waals surface area contributed by atoms with E-state index in [1.165, 1.54) is 10.7 Å². The van der Waals surface area contributed by atoms with Crippen LogP contribution in [0.2, 0.25) is 0 Å². The second-order valence-corrected chi connectivity index (χ2v) is 6.88. The van der Waals surface area contributed by atoms with Crippen LogP contribution < -0.4 is 10.1 Å². The molecule has 0 atom stereocenters. The molecule has 2 heterocycles. The number of phenolic OH excluding ortho intramolecular Hbond substituents is 1. The molecule has 4 aromatic rings. The minimum absolute atomic E-state index is 0.0915. The van der Waals surface area contributed by atoms with E-state index in [4.69, 9.17) is 9.72 Å². The first-order valence-electron chi connectivity index (χ1n) is 7.88. The highest BCUT2D eigenvalue weighted by Gasteiger charge is 2.16. The van der Waals surface area contributed by atoms with E-state index in [1.54, 1.807) is 24.5 Å². The van der Waals surface area contributed by atoms with Crippen molar-refractivity contribution < 1.29 is 9.84 Å². The van der Waals surface area contributed by atoms with Crippen molar-refractivity contribution in [1.29, 1.82) is 0 Å². The number of benzene rings is 2. The molecule has 0 spiro atoms. The van der Waals surface area contributed by atoms with Crippen molar-refractivity contribution in [1.82, 2.24) is 14.4 Å². The smallest absolute Gasteiger partial charge is 0.161 e. The average molecular weight is 458 g/mol. The molecule has 0 aliphatic rings. The van der Waals surface area contributed by atoms with Gasteiger partial charge >= 0.3 is 0 Å². The molecule has 0 aliphatic carbocycles. The normalized spacial score (nSPS) is 10.8. The Labute approximate surface area is 163 Å². The third kappa shape index (κ3) is 3.05. The Bertz CT molecular complexity index is 1080. The van der Waals surface area contributed by atoms with Gasteiger partial charge in [0.05, 0.1) is 13.3 Å². The van der Waals surface area contributed by atoms with E-state index in [2.05, 4.69) is 32.9 Å². The minimum atomic E-state index is 0.0915. The molecule has 0 aliphatic heterocycles. The van der Waals surface area contributed by atoms with Crippen LogP contribution in [-0.2, 0) is 0 Å². The molecule has 0 saturated heterocycles. The van der Waals surface area contributed by atoms with Gasteiger partial charge in [-0.05, 0) is 65.1 Å². The Balaban J connectivity index is 1.87. The zero-order valence-corrected chi connectivity index (χ0v) is 16.0. The molecule has 2 aromatic heterocycles. The zero-order chi connectivity index (χ0) is 18.1. The zero-order valence-electron chi connectivity index (χ0n) is 13.8. The van der Waals surface area contributed by atoms with Gasteiger partial charge < -0.3 is 15.2 Å². The van der Waals surface area contributed by atoms with Crippen molar-refractivity contribution in [3.05, 3.63) is 64.6 Å². The Morgan fingerprint density at radius 2 is 1.96 bits per heavy atom. The Hall–Kier alpha value is -2.81. The summed E-state index contributed by atoms with van der Waals surface area (Å²) in [4.78, 5) is 8.85. The van der Waals surface area contributed by atoms with Crippen molar-refractivity contribution in [3.63, 3.8) is 0 Å². The quantitative estimate of drug-likeness (QED) is 0.442. The van der Waals surface area contributed by atoms with Crippen molar-refractivity contribution in [2.24, 2.45) is 0 Å².